The summed E-state index contributed by atoms with van der Waals surface area (Å²) >= 11 is 0. The lowest BCUT2D eigenvalue weighted by molar-refractivity contribution is 0.638. The average Bonchev–Trinajstić information content (AvgIpc) is 3.03. The topological polar surface area (TPSA) is 15.6 Å². The van der Waals surface area contributed by atoms with Crippen LogP contribution < -0.4 is 5.19 Å². The van der Waals surface area contributed by atoms with E-state index in [2.05, 4.69) is 79.1 Å². The van der Waals surface area contributed by atoms with Crippen molar-refractivity contribution in [1.29, 1.82) is 0 Å². The first-order valence-corrected chi connectivity index (χ1v) is 11.8. The fraction of sp³-hybridized carbons (Fsp3) is 0.250. The Kier molecular flexibility index (Phi) is 4.41. The molecule has 2 aliphatic rings. The summed E-state index contributed by atoms with van der Waals surface area (Å²) in [6, 6.07) is 17.8. The molecule has 4 rings (SSSR count). The number of hydrogen-bond donors (Lipinski definition) is 0. The van der Waals surface area contributed by atoms with E-state index in [4.69, 9.17) is 4.99 Å². The zero-order chi connectivity index (χ0) is 16.0. The molecule has 0 N–H and O–H groups in total. The van der Waals surface area contributed by atoms with Crippen LogP contribution in [0.5, 0.6) is 0 Å². The summed E-state index contributed by atoms with van der Waals surface area (Å²) in [5.41, 5.74) is 5.10. The Morgan fingerprint density at radius 3 is 2.38 bits per heavy atom. The van der Waals surface area contributed by atoms with Crippen LogP contribution in [0.3, 0.4) is 0 Å². The predicted molar refractivity (Wildman–Crippen MR) is 109 cm³/mol. The first-order chi connectivity index (χ1) is 11.0. The van der Waals surface area contributed by atoms with E-state index >= 15 is 0 Å². The molecule has 0 fully saturated rings. The molecule has 0 spiro atoms. The van der Waals surface area contributed by atoms with Crippen molar-refractivity contribution in [2.45, 2.75) is 19.6 Å². The zero-order valence-corrected chi connectivity index (χ0v) is 16.2. The highest BCUT2D eigenvalue weighted by Crippen LogP contribution is 2.32. The summed E-state index contributed by atoms with van der Waals surface area (Å²) in [6.45, 7) is 9.04. The van der Waals surface area contributed by atoms with Crippen LogP contribution in [0, 0.1) is 0 Å². The summed E-state index contributed by atoms with van der Waals surface area (Å²) < 4.78 is 0. The molecule has 2 aliphatic heterocycles. The summed E-state index contributed by atoms with van der Waals surface area (Å²) in [5.74, 6) is 1.13. The standard InChI is InChI=1S/C20H22N2Si.ClH/c1-23(2,3)17-10-8-15(9-11-17)19-14-16-6-4-5-7-18(16)20-21-12-13-22(19)20;/h4-11,14H,12-13H2,1-3H3;1H. The molecule has 0 saturated heterocycles. The van der Waals surface area contributed by atoms with Gasteiger partial charge in [-0.05, 0) is 17.2 Å². The predicted octanol–water partition coefficient (Wildman–Crippen LogP) is 4.23. The van der Waals surface area contributed by atoms with Gasteiger partial charge in [0.05, 0.1) is 20.3 Å². The lowest BCUT2D eigenvalue weighted by Gasteiger charge is -2.29. The number of hydrogen-bond acceptors (Lipinski definition) is 2. The summed E-state index contributed by atoms with van der Waals surface area (Å²) in [5, 5.41) is 1.51. The van der Waals surface area contributed by atoms with Gasteiger partial charge in [0.2, 0.25) is 0 Å². The lowest BCUT2D eigenvalue weighted by Crippen LogP contribution is -2.37. The molecule has 124 valence electrons. The number of fused-ring (bicyclic) bond motifs is 3. The SMILES string of the molecule is C[Si](C)(C)c1ccc(C2=Cc3ccccc3C3=NCCN23)cc1.Cl. The minimum absolute atomic E-state index is 0. The molecule has 0 aromatic heterocycles. The van der Waals surface area contributed by atoms with Crippen LogP contribution in [0.25, 0.3) is 11.8 Å². The fourth-order valence-electron chi connectivity index (χ4n) is 3.34. The molecular formula is C20H23ClN2Si. The molecule has 0 amide bonds. The maximum absolute atomic E-state index is 4.74. The molecule has 24 heavy (non-hydrogen) atoms. The van der Waals surface area contributed by atoms with Crippen LogP contribution in [0.1, 0.15) is 16.7 Å². The molecule has 0 radical (unpaired) electrons. The van der Waals surface area contributed by atoms with Gasteiger partial charge in [-0.15, -0.1) is 12.4 Å². The molecule has 0 atom stereocenters. The smallest absolute Gasteiger partial charge is 0.136 e. The number of nitrogens with zero attached hydrogens (tertiary/aromatic N) is 2. The van der Waals surface area contributed by atoms with Crippen molar-refractivity contribution in [3.8, 4) is 0 Å². The normalized spacial score (nSPS) is 15.9. The largest absolute Gasteiger partial charge is 0.324 e. The van der Waals surface area contributed by atoms with Crippen molar-refractivity contribution < 1.29 is 0 Å². The molecule has 0 saturated carbocycles. The first-order valence-electron chi connectivity index (χ1n) is 8.28. The van der Waals surface area contributed by atoms with Gasteiger partial charge >= 0.3 is 0 Å². The van der Waals surface area contributed by atoms with E-state index < -0.39 is 8.07 Å². The highest BCUT2D eigenvalue weighted by atomic mass is 35.5. The molecular weight excluding hydrogens is 332 g/mol. The van der Waals surface area contributed by atoms with Gasteiger partial charge in [0.25, 0.3) is 0 Å². The van der Waals surface area contributed by atoms with Gasteiger partial charge in [-0.3, -0.25) is 4.99 Å². The number of aliphatic imine (C=N–C) groups is 1. The Labute approximate surface area is 151 Å². The van der Waals surface area contributed by atoms with E-state index in [0.29, 0.717) is 0 Å². The summed E-state index contributed by atoms with van der Waals surface area (Å²) in [4.78, 5) is 7.11. The van der Waals surface area contributed by atoms with E-state index in [-0.39, 0.29) is 12.4 Å². The average molecular weight is 355 g/mol. The highest BCUT2D eigenvalue weighted by molar-refractivity contribution is 6.88. The van der Waals surface area contributed by atoms with E-state index in [0.717, 1.165) is 18.9 Å². The summed E-state index contributed by atoms with van der Waals surface area (Å²) in [7, 11) is -1.25. The Bertz CT molecular complexity index is 816. The third-order valence-electron chi connectivity index (χ3n) is 4.67. The third kappa shape index (κ3) is 2.83. The van der Waals surface area contributed by atoms with Crippen molar-refractivity contribution in [3.05, 3.63) is 65.2 Å². The van der Waals surface area contributed by atoms with E-state index in [1.54, 1.807) is 0 Å². The van der Waals surface area contributed by atoms with Crippen molar-refractivity contribution in [1.82, 2.24) is 4.90 Å². The second-order valence-corrected chi connectivity index (χ2v) is 12.4. The zero-order valence-electron chi connectivity index (χ0n) is 14.4. The maximum atomic E-state index is 4.74. The molecule has 2 aromatic rings. The third-order valence-corrected chi connectivity index (χ3v) is 6.74. The van der Waals surface area contributed by atoms with Gasteiger partial charge in [-0.25, -0.2) is 0 Å². The number of amidine groups is 1. The van der Waals surface area contributed by atoms with E-state index in [9.17, 15) is 0 Å². The molecule has 2 nitrogen and oxygen atoms in total. The summed E-state index contributed by atoms with van der Waals surface area (Å²) in [6.07, 6.45) is 2.31. The van der Waals surface area contributed by atoms with Crippen LogP contribution >= 0.6 is 12.4 Å². The monoisotopic (exact) mass is 354 g/mol. The van der Waals surface area contributed by atoms with Crippen molar-refractivity contribution in [2.24, 2.45) is 4.99 Å². The lowest BCUT2D eigenvalue weighted by atomic mass is 9.97. The van der Waals surface area contributed by atoms with E-state index in [1.165, 1.54) is 27.6 Å². The maximum Gasteiger partial charge on any atom is 0.136 e. The van der Waals surface area contributed by atoms with Crippen LogP contribution in [0.4, 0.5) is 0 Å². The van der Waals surface area contributed by atoms with Crippen molar-refractivity contribution in [2.75, 3.05) is 13.1 Å². The van der Waals surface area contributed by atoms with Crippen molar-refractivity contribution >= 4 is 43.3 Å². The first kappa shape index (κ1) is 17.0. The second kappa shape index (κ2) is 6.23. The molecule has 0 unspecified atom stereocenters. The number of rotatable bonds is 2. The highest BCUT2D eigenvalue weighted by Gasteiger charge is 2.28. The van der Waals surface area contributed by atoms with Gasteiger partial charge in [0, 0.05) is 12.1 Å². The number of benzene rings is 2. The van der Waals surface area contributed by atoms with Gasteiger partial charge in [0.15, 0.2) is 0 Å². The Morgan fingerprint density at radius 1 is 0.958 bits per heavy atom. The molecule has 2 aromatic carbocycles. The molecule has 4 heteroatoms. The van der Waals surface area contributed by atoms with Crippen LogP contribution in [-0.2, 0) is 0 Å². The quantitative estimate of drug-likeness (QED) is 0.737. The Hall–Kier alpha value is -1.84. The molecule has 0 aliphatic carbocycles. The van der Waals surface area contributed by atoms with E-state index in [1.807, 2.05) is 0 Å². The fourth-order valence-corrected chi connectivity index (χ4v) is 4.51. The van der Waals surface area contributed by atoms with Crippen LogP contribution in [0.15, 0.2) is 53.5 Å². The van der Waals surface area contributed by atoms with Gasteiger partial charge in [0.1, 0.15) is 5.84 Å². The van der Waals surface area contributed by atoms with Crippen LogP contribution in [-0.4, -0.2) is 31.9 Å². The molecule has 0 bridgehead atoms. The van der Waals surface area contributed by atoms with Crippen LogP contribution in [0.2, 0.25) is 19.6 Å². The van der Waals surface area contributed by atoms with Gasteiger partial charge in [-0.2, -0.15) is 0 Å². The number of halogens is 1. The second-order valence-electron chi connectivity index (χ2n) is 7.30. The van der Waals surface area contributed by atoms with Gasteiger partial charge in [-0.1, -0.05) is 73.4 Å². The molecule has 2 heterocycles. The minimum atomic E-state index is -1.25. The Morgan fingerprint density at radius 2 is 1.67 bits per heavy atom. The minimum Gasteiger partial charge on any atom is -0.324 e. The van der Waals surface area contributed by atoms with Crippen molar-refractivity contribution in [3.63, 3.8) is 0 Å². The Balaban J connectivity index is 0.00000169. The van der Waals surface area contributed by atoms with Gasteiger partial charge < -0.3 is 4.90 Å².